The molecule has 1 aromatic heterocycles. The van der Waals surface area contributed by atoms with Crippen LogP contribution in [0.15, 0.2) is 38.4 Å². The predicted octanol–water partition coefficient (Wildman–Crippen LogP) is 0.268. The van der Waals surface area contributed by atoms with E-state index in [0.29, 0.717) is 5.69 Å². The van der Waals surface area contributed by atoms with Crippen LogP contribution >= 0.6 is 0 Å². The molecular formula is C9H7FN2O3. The highest BCUT2D eigenvalue weighted by Gasteiger charge is 2.09. The minimum Gasteiger partial charge on any atom is -0.312 e. The fourth-order valence-electron chi connectivity index (χ4n) is 1.13. The van der Waals surface area contributed by atoms with Gasteiger partial charge in [0.25, 0.3) is 0 Å². The van der Waals surface area contributed by atoms with Crippen LogP contribution in [-0.2, 0) is 7.05 Å². The van der Waals surface area contributed by atoms with Gasteiger partial charge in [-0.15, -0.1) is 4.74 Å². The summed E-state index contributed by atoms with van der Waals surface area (Å²) in [6, 6.07) is 5.04. The molecule has 2 aromatic rings. The standard InChI is InChI=1S/C9H7FN2O3/c1-11-8(13)12(15-9(11)14)7-4-2-6(10)3-5-7/h2-5H,1H3. The molecule has 0 amide bonds. The summed E-state index contributed by atoms with van der Waals surface area (Å²) in [5.41, 5.74) is -0.300. The first-order valence-corrected chi connectivity index (χ1v) is 4.15. The van der Waals surface area contributed by atoms with Gasteiger partial charge in [-0.05, 0) is 24.3 Å². The Bertz CT molecular complexity index is 591. The van der Waals surface area contributed by atoms with E-state index in [-0.39, 0.29) is 0 Å². The van der Waals surface area contributed by atoms with Crippen LogP contribution in [-0.4, -0.2) is 9.31 Å². The lowest BCUT2D eigenvalue weighted by molar-refractivity contribution is 0.312. The van der Waals surface area contributed by atoms with E-state index >= 15 is 0 Å². The highest BCUT2D eigenvalue weighted by atomic mass is 19.1. The summed E-state index contributed by atoms with van der Waals surface area (Å²) in [7, 11) is 1.30. The number of halogens is 1. The summed E-state index contributed by atoms with van der Waals surface area (Å²) in [6.07, 6.45) is 0. The Balaban J connectivity index is 2.65. The van der Waals surface area contributed by atoms with Gasteiger partial charge in [0.1, 0.15) is 5.82 Å². The van der Waals surface area contributed by atoms with Gasteiger partial charge in [0.05, 0.1) is 5.69 Å². The lowest BCUT2D eigenvalue weighted by atomic mass is 10.3. The van der Waals surface area contributed by atoms with Crippen LogP contribution in [0.4, 0.5) is 4.39 Å². The summed E-state index contributed by atoms with van der Waals surface area (Å²) in [5, 5.41) is 0. The Kier molecular flexibility index (Phi) is 2.03. The van der Waals surface area contributed by atoms with Gasteiger partial charge in [-0.25, -0.2) is 18.5 Å². The SMILES string of the molecule is Cn1c(=O)on(-c2ccc(F)cc2)c1=O. The lowest BCUT2D eigenvalue weighted by Gasteiger charge is -1.96. The monoisotopic (exact) mass is 210 g/mol. The highest BCUT2D eigenvalue weighted by molar-refractivity contribution is 5.29. The molecule has 0 aliphatic heterocycles. The van der Waals surface area contributed by atoms with Gasteiger partial charge >= 0.3 is 11.4 Å². The number of nitrogens with zero attached hydrogens (tertiary/aromatic N) is 2. The van der Waals surface area contributed by atoms with Crippen LogP contribution in [0, 0.1) is 5.82 Å². The average Bonchev–Trinajstić information content (AvgIpc) is 2.47. The molecule has 0 fully saturated rings. The molecule has 0 aliphatic rings. The molecular weight excluding hydrogens is 203 g/mol. The number of benzene rings is 1. The van der Waals surface area contributed by atoms with Crippen LogP contribution in [0.2, 0.25) is 0 Å². The van der Waals surface area contributed by atoms with Crippen molar-refractivity contribution in [2.24, 2.45) is 7.05 Å². The molecule has 0 saturated carbocycles. The molecule has 2 rings (SSSR count). The van der Waals surface area contributed by atoms with E-state index in [1.54, 1.807) is 0 Å². The van der Waals surface area contributed by atoms with E-state index in [1.807, 2.05) is 0 Å². The molecule has 6 heteroatoms. The second-order valence-electron chi connectivity index (χ2n) is 2.97. The van der Waals surface area contributed by atoms with Crippen molar-refractivity contribution in [2.45, 2.75) is 0 Å². The van der Waals surface area contributed by atoms with Crippen LogP contribution in [0.1, 0.15) is 0 Å². The van der Waals surface area contributed by atoms with Gasteiger partial charge in [0.15, 0.2) is 0 Å². The van der Waals surface area contributed by atoms with Crippen LogP contribution < -0.4 is 11.4 Å². The minimum atomic E-state index is -0.760. The van der Waals surface area contributed by atoms with Crippen molar-refractivity contribution in [3.63, 3.8) is 0 Å². The number of aromatic nitrogens is 2. The minimum absolute atomic E-state index is 0.305. The molecule has 0 aliphatic carbocycles. The summed E-state index contributed by atoms with van der Waals surface area (Å²) in [5.74, 6) is -1.19. The Morgan fingerprint density at radius 1 is 1.20 bits per heavy atom. The zero-order valence-corrected chi connectivity index (χ0v) is 7.81. The number of hydrogen-bond donors (Lipinski definition) is 0. The maximum absolute atomic E-state index is 12.6. The summed E-state index contributed by atoms with van der Waals surface area (Å²) < 4.78 is 18.9. The van der Waals surface area contributed by atoms with E-state index < -0.39 is 17.3 Å². The van der Waals surface area contributed by atoms with Crippen LogP contribution in [0.5, 0.6) is 0 Å². The molecule has 1 aromatic carbocycles. The third kappa shape index (κ3) is 1.50. The first-order valence-electron chi connectivity index (χ1n) is 4.15. The maximum Gasteiger partial charge on any atom is 0.442 e. The molecule has 78 valence electrons. The molecule has 0 radical (unpaired) electrons. The van der Waals surface area contributed by atoms with E-state index in [1.165, 1.54) is 31.3 Å². The van der Waals surface area contributed by atoms with E-state index in [9.17, 15) is 14.0 Å². The van der Waals surface area contributed by atoms with Crippen molar-refractivity contribution in [1.82, 2.24) is 9.31 Å². The fourth-order valence-corrected chi connectivity index (χ4v) is 1.13. The van der Waals surface area contributed by atoms with Gasteiger partial charge in [-0.3, -0.25) is 0 Å². The van der Waals surface area contributed by atoms with E-state index in [0.717, 1.165) is 9.31 Å². The molecule has 0 bridgehead atoms. The quantitative estimate of drug-likeness (QED) is 0.678. The normalized spacial score (nSPS) is 10.5. The Hall–Kier alpha value is -2.11. The number of hydrogen-bond acceptors (Lipinski definition) is 3. The summed E-state index contributed by atoms with van der Waals surface area (Å²) in [4.78, 5) is 22.4. The zero-order valence-electron chi connectivity index (χ0n) is 7.81. The Morgan fingerprint density at radius 3 is 2.27 bits per heavy atom. The topological polar surface area (TPSA) is 57.1 Å². The number of rotatable bonds is 1. The Labute approximate surface area is 82.9 Å². The third-order valence-electron chi connectivity index (χ3n) is 1.97. The molecule has 5 nitrogen and oxygen atoms in total. The molecule has 0 unspecified atom stereocenters. The van der Waals surface area contributed by atoms with Crippen molar-refractivity contribution >= 4 is 0 Å². The molecule has 0 atom stereocenters. The van der Waals surface area contributed by atoms with Crippen molar-refractivity contribution in [1.29, 1.82) is 0 Å². The third-order valence-corrected chi connectivity index (χ3v) is 1.97. The second kappa shape index (κ2) is 3.23. The predicted molar refractivity (Wildman–Crippen MR) is 49.5 cm³/mol. The van der Waals surface area contributed by atoms with Crippen molar-refractivity contribution < 1.29 is 8.91 Å². The summed E-state index contributed by atoms with van der Waals surface area (Å²) in [6.45, 7) is 0. The first kappa shape index (κ1) is 9.45. The van der Waals surface area contributed by atoms with Gasteiger partial charge < -0.3 is 4.52 Å². The second-order valence-corrected chi connectivity index (χ2v) is 2.97. The van der Waals surface area contributed by atoms with Crippen molar-refractivity contribution in [3.05, 3.63) is 51.1 Å². The van der Waals surface area contributed by atoms with Gasteiger partial charge in [-0.2, -0.15) is 0 Å². The molecule has 0 N–H and O–H groups in total. The smallest absolute Gasteiger partial charge is 0.312 e. The fraction of sp³-hybridized carbons (Fsp3) is 0.111. The lowest BCUT2D eigenvalue weighted by Crippen LogP contribution is -2.25. The zero-order chi connectivity index (χ0) is 11.0. The van der Waals surface area contributed by atoms with Crippen LogP contribution in [0.3, 0.4) is 0 Å². The van der Waals surface area contributed by atoms with E-state index in [2.05, 4.69) is 4.52 Å². The van der Waals surface area contributed by atoms with Gasteiger partial charge in [0, 0.05) is 7.05 Å². The van der Waals surface area contributed by atoms with E-state index in [4.69, 9.17) is 0 Å². The van der Waals surface area contributed by atoms with Crippen LogP contribution in [0.25, 0.3) is 5.69 Å². The van der Waals surface area contributed by atoms with Gasteiger partial charge in [-0.1, -0.05) is 0 Å². The Morgan fingerprint density at radius 2 is 1.80 bits per heavy atom. The summed E-state index contributed by atoms with van der Waals surface area (Å²) >= 11 is 0. The van der Waals surface area contributed by atoms with Crippen molar-refractivity contribution in [3.8, 4) is 5.69 Å². The first-order chi connectivity index (χ1) is 7.09. The largest absolute Gasteiger partial charge is 0.442 e. The van der Waals surface area contributed by atoms with Crippen molar-refractivity contribution in [2.75, 3.05) is 0 Å². The average molecular weight is 210 g/mol. The highest BCUT2D eigenvalue weighted by Crippen LogP contribution is 2.05. The molecule has 0 saturated heterocycles. The van der Waals surface area contributed by atoms with Gasteiger partial charge in [0.2, 0.25) is 0 Å². The molecule has 1 heterocycles. The molecule has 0 spiro atoms. The molecule has 15 heavy (non-hydrogen) atoms. The maximum atomic E-state index is 12.6.